The Kier molecular flexibility index (Phi) is 1.96. The third-order valence-corrected chi connectivity index (χ3v) is 1.80. The fourth-order valence-electron chi connectivity index (χ4n) is 1.13. The monoisotopic (exact) mass is 171 g/mol. The maximum absolute atomic E-state index is 5.00. The Labute approximate surface area is 76.5 Å². The molecule has 0 aliphatic heterocycles. The number of nitrogens with zero attached hydrogens (tertiary/aromatic N) is 1. The first-order valence-electron chi connectivity index (χ1n) is 4.05. The zero-order chi connectivity index (χ0) is 9.10. The second kappa shape index (κ2) is 3.27. The highest BCUT2D eigenvalue weighted by atomic mass is 16.5. The standard InChI is InChI=1S/C11H9NO/c1-2-10-8-11(12-13-10)9-6-4-3-5-7-9/h2-8H,1H2. The Morgan fingerprint density at radius 3 is 2.62 bits per heavy atom. The molecule has 2 rings (SSSR count). The van der Waals surface area contributed by atoms with Crippen LogP contribution in [0.15, 0.2) is 47.5 Å². The Balaban J connectivity index is 2.41. The molecule has 1 aromatic heterocycles. The maximum Gasteiger partial charge on any atom is 0.159 e. The normalized spacial score (nSPS) is 9.85. The first kappa shape index (κ1) is 7.80. The minimum atomic E-state index is 0.693. The van der Waals surface area contributed by atoms with Crippen molar-refractivity contribution >= 4 is 6.08 Å². The van der Waals surface area contributed by atoms with Crippen molar-refractivity contribution in [2.24, 2.45) is 0 Å². The van der Waals surface area contributed by atoms with E-state index in [1.165, 1.54) is 0 Å². The minimum Gasteiger partial charge on any atom is -0.356 e. The molecule has 0 radical (unpaired) electrons. The van der Waals surface area contributed by atoms with Crippen molar-refractivity contribution in [2.45, 2.75) is 0 Å². The Hall–Kier alpha value is -1.83. The number of hydrogen-bond donors (Lipinski definition) is 0. The summed E-state index contributed by atoms with van der Waals surface area (Å²) in [5.74, 6) is 0.693. The third kappa shape index (κ3) is 1.51. The van der Waals surface area contributed by atoms with Gasteiger partial charge in [0.1, 0.15) is 5.69 Å². The van der Waals surface area contributed by atoms with E-state index in [2.05, 4.69) is 11.7 Å². The van der Waals surface area contributed by atoms with Crippen LogP contribution >= 0.6 is 0 Å². The van der Waals surface area contributed by atoms with E-state index < -0.39 is 0 Å². The summed E-state index contributed by atoms with van der Waals surface area (Å²) in [6.45, 7) is 3.60. The summed E-state index contributed by atoms with van der Waals surface area (Å²) in [4.78, 5) is 0. The summed E-state index contributed by atoms with van der Waals surface area (Å²) < 4.78 is 5.00. The molecule has 0 aliphatic carbocycles. The van der Waals surface area contributed by atoms with Gasteiger partial charge in [-0.3, -0.25) is 0 Å². The summed E-state index contributed by atoms with van der Waals surface area (Å²) in [6.07, 6.45) is 1.64. The van der Waals surface area contributed by atoms with E-state index >= 15 is 0 Å². The van der Waals surface area contributed by atoms with Crippen molar-refractivity contribution in [1.29, 1.82) is 0 Å². The predicted molar refractivity (Wildman–Crippen MR) is 52.0 cm³/mol. The first-order valence-corrected chi connectivity index (χ1v) is 4.05. The Morgan fingerprint density at radius 1 is 1.23 bits per heavy atom. The zero-order valence-corrected chi connectivity index (χ0v) is 7.10. The van der Waals surface area contributed by atoms with E-state index in [1.54, 1.807) is 6.08 Å². The molecule has 13 heavy (non-hydrogen) atoms. The van der Waals surface area contributed by atoms with Gasteiger partial charge in [0, 0.05) is 11.6 Å². The fourth-order valence-corrected chi connectivity index (χ4v) is 1.13. The quantitative estimate of drug-likeness (QED) is 0.694. The maximum atomic E-state index is 5.00. The number of benzene rings is 1. The van der Waals surface area contributed by atoms with Gasteiger partial charge in [0.25, 0.3) is 0 Å². The molecule has 0 saturated heterocycles. The lowest BCUT2D eigenvalue weighted by molar-refractivity contribution is 0.415. The molecule has 2 nitrogen and oxygen atoms in total. The highest BCUT2D eigenvalue weighted by molar-refractivity contribution is 5.60. The van der Waals surface area contributed by atoms with Crippen LogP contribution in [0.1, 0.15) is 5.76 Å². The van der Waals surface area contributed by atoms with Crippen LogP contribution < -0.4 is 0 Å². The molecular formula is C11H9NO. The molecule has 1 heterocycles. The second-order valence-corrected chi connectivity index (χ2v) is 2.68. The molecule has 2 heteroatoms. The van der Waals surface area contributed by atoms with Crippen LogP contribution in [0.3, 0.4) is 0 Å². The zero-order valence-electron chi connectivity index (χ0n) is 7.10. The highest BCUT2D eigenvalue weighted by Crippen LogP contribution is 2.18. The van der Waals surface area contributed by atoms with Gasteiger partial charge in [-0.15, -0.1) is 0 Å². The average Bonchev–Trinajstić information content (AvgIpc) is 2.67. The van der Waals surface area contributed by atoms with E-state index in [1.807, 2.05) is 36.4 Å². The molecule has 0 unspecified atom stereocenters. The van der Waals surface area contributed by atoms with E-state index in [0.29, 0.717) is 5.76 Å². The van der Waals surface area contributed by atoms with Gasteiger partial charge in [-0.2, -0.15) is 0 Å². The molecule has 0 bridgehead atoms. The van der Waals surface area contributed by atoms with Crippen molar-refractivity contribution in [3.63, 3.8) is 0 Å². The highest BCUT2D eigenvalue weighted by Gasteiger charge is 2.02. The first-order chi connectivity index (χ1) is 6.40. The molecule has 0 aliphatic rings. The lowest BCUT2D eigenvalue weighted by Gasteiger charge is -1.90. The molecule has 64 valence electrons. The van der Waals surface area contributed by atoms with Gasteiger partial charge in [-0.25, -0.2) is 0 Å². The molecule has 2 aromatic rings. The summed E-state index contributed by atoms with van der Waals surface area (Å²) in [6, 6.07) is 11.8. The number of hydrogen-bond acceptors (Lipinski definition) is 2. The molecule has 0 atom stereocenters. The van der Waals surface area contributed by atoms with Gasteiger partial charge in [0.15, 0.2) is 5.76 Å². The molecule has 0 spiro atoms. The van der Waals surface area contributed by atoms with Crippen molar-refractivity contribution in [3.8, 4) is 11.3 Å². The number of rotatable bonds is 2. The summed E-state index contributed by atoms with van der Waals surface area (Å²) in [7, 11) is 0. The number of aromatic nitrogens is 1. The predicted octanol–water partition coefficient (Wildman–Crippen LogP) is 2.98. The summed E-state index contributed by atoms with van der Waals surface area (Å²) in [5, 5.41) is 3.91. The summed E-state index contributed by atoms with van der Waals surface area (Å²) >= 11 is 0. The van der Waals surface area contributed by atoms with Crippen molar-refractivity contribution in [3.05, 3.63) is 48.7 Å². The fraction of sp³-hybridized carbons (Fsp3) is 0. The molecule has 0 amide bonds. The Bertz CT molecular complexity index is 403. The van der Waals surface area contributed by atoms with Crippen LogP contribution in [0.2, 0.25) is 0 Å². The molecule has 0 fully saturated rings. The Morgan fingerprint density at radius 2 is 2.00 bits per heavy atom. The van der Waals surface area contributed by atoms with Gasteiger partial charge in [0.2, 0.25) is 0 Å². The SMILES string of the molecule is C=Cc1cc(-c2ccccc2)no1. The van der Waals surface area contributed by atoms with Gasteiger partial charge in [0.05, 0.1) is 0 Å². The van der Waals surface area contributed by atoms with Crippen molar-refractivity contribution in [2.75, 3.05) is 0 Å². The van der Waals surface area contributed by atoms with Crippen LogP contribution in [-0.4, -0.2) is 5.16 Å². The van der Waals surface area contributed by atoms with E-state index in [0.717, 1.165) is 11.3 Å². The van der Waals surface area contributed by atoms with Gasteiger partial charge in [-0.05, 0) is 6.08 Å². The van der Waals surface area contributed by atoms with Crippen LogP contribution in [0.25, 0.3) is 17.3 Å². The van der Waals surface area contributed by atoms with E-state index in [9.17, 15) is 0 Å². The van der Waals surface area contributed by atoms with Gasteiger partial charge in [-0.1, -0.05) is 42.1 Å². The van der Waals surface area contributed by atoms with Crippen molar-refractivity contribution < 1.29 is 4.52 Å². The minimum absolute atomic E-state index is 0.693. The second-order valence-electron chi connectivity index (χ2n) is 2.68. The lowest BCUT2D eigenvalue weighted by Crippen LogP contribution is -1.73. The lowest BCUT2D eigenvalue weighted by atomic mass is 10.1. The average molecular weight is 171 g/mol. The van der Waals surface area contributed by atoms with Gasteiger partial charge < -0.3 is 4.52 Å². The van der Waals surface area contributed by atoms with Crippen LogP contribution in [0, 0.1) is 0 Å². The largest absolute Gasteiger partial charge is 0.356 e. The third-order valence-electron chi connectivity index (χ3n) is 1.80. The molecule has 0 saturated carbocycles. The van der Waals surface area contributed by atoms with E-state index in [4.69, 9.17) is 4.52 Å². The van der Waals surface area contributed by atoms with E-state index in [-0.39, 0.29) is 0 Å². The molecular weight excluding hydrogens is 162 g/mol. The van der Waals surface area contributed by atoms with Crippen LogP contribution in [0.4, 0.5) is 0 Å². The summed E-state index contributed by atoms with van der Waals surface area (Å²) in [5.41, 5.74) is 1.90. The van der Waals surface area contributed by atoms with Crippen LogP contribution in [-0.2, 0) is 0 Å². The topological polar surface area (TPSA) is 26.0 Å². The molecule has 0 N–H and O–H groups in total. The molecule has 1 aromatic carbocycles. The van der Waals surface area contributed by atoms with Gasteiger partial charge >= 0.3 is 0 Å². The van der Waals surface area contributed by atoms with Crippen molar-refractivity contribution in [1.82, 2.24) is 5.16 Å². The smallest absolute Gasteiger partial charge is 0.159 e. The van der Waals surface area contributed by atoms with Crippen LogP contribution in [0.5, 0.6) is 0 Å².